The van der Waals surface area contributed by atoms with Crippen molar-refractivity contribution in [1.29, 1.82) is 0 Å². The van der Waals surface area contributed by atoms with Crippen molar-refractivity contribution in [3.63, 3.8) is 0 Å². The van der Waals surface area contributed by atoms with E-state index in [4.69, 9.17) is 0 Å². The first kappa shape index (κ1) is 31.2. The molecule has 0 radical (unpaired) electrons. The number of fused-ring (bicyclic) bond motifs is 1. The number of aliphatic hydroxyl groups is 1. The van der Waals surface area contributed by atoms with E-state index in [1.807, 2.05) is 0 Å². The third-order valence-electron chi connectivity index (χ3n) is 7.88. The number of sulfone groups is 1. The minimum absolute atomic E-state index is 0.0270. The van der Waals surface area contributed by atoms with Crippen molar-refractivity contribution in [2.45, 2.75) is 68.5 Å². The van der Waals surface area contributed by atoms with Gasteiger partial charge in [0.05, 0.1) is 40.5 Å². The smallest absolute Gasteiger partial charge is 0.394 e. The van der Waals surface area contributed by atoms with Crippen LogP contribution in [0.4, 0.5) is 26.3 Å². The van der Waals surface area contributed by atoms with Crippen LogP contribution >= 0.6 is 0 Å². The van der Waals surface area contributed by atoms with E-state index in [1.165, 1.54) is 42.2 Å². The molecule has 1 aromatic carbocycles. The molecule has 7 nitrogen and oxygen atoms in total. The lowest BCUT2D eigenvalue weighted by Crippen LogP contribution is -2.38. The molecule has 1 amide bonds. The molecule has 2 atom stereocenters. The fraction of sp³-hybridized carbons (Fsp3) is 0.556. The molecule has 2 heterocycles. The first-order valence-corrected chi connectivity index (χ1v) is 14.9. The molecule has 0 unspecified atom stereocenters. The van der Waals surface area contributed by atoms with Crippen LogP contribution in [0.25, 0.3) is 0 Å². The molecule has 1 aromatic heterocycles. The van der Waals surface area contributed by atoms with E-state index in [1.54, 1.807) is 0 Å². The van der Waals surface area contributed by atoms with Crippen LogP contribution < -0.4 is 5.32 Å². The van der Waals surface area contributed by atoms with Gasteiger partial charge in [-0.2, -0.15) is 26.3 Å². The monoisotopic (exact) mass is 607 g/mol. The van der Waals surface area contributed by atoms with Crippen LogP contribution in [0.5, 0.6) is 0 Å². The van der Waals surface area contributed by atoms with E-state index in [0.29, 0.717) is 5.56 Å². The summed E-state index contributed by atoms with van der Waals surface area (Å²) < 4.78 is 105. The van der Waals surface area contributed by atoms with Gasteiger partial charge in [0.15, 0.2) is 9.84 Å². The molecule has 1 fully saturated rings. The molecule has 0 bridgehead atoms. The fourth-order valence-corrected chi connectivity index (χ4v) is 6.47. The second-order valence-electron chi connectivity index (χ2n) is 10.6. The highest BCUT2D eigenvalue weighted by molar-refractivity contribution is 7.91. The maximum absolute atomic E-state index is 14.1. The third kappa shape index (κ3) is 7.03. The molecule has 0 spiro atoms. The molecule has 2 N–H and O–H groups in total. The largest absolute Gasteiger partial charge is 0.409 e. The van der Waals surface area contributed by atoms with E-state index in [9.17, 15) is 44.7 Å². The maximum atomic E-state index is 14.1. The molecule has 1 aliphatic heterocycles. The summed E-state index contributed by atoms with van der Waals surface area (Å²) in [5, 5.41) is 12.4. The van der Waals surface area contributed by atoms with Gasteiger partial charge in [-0.3, -0.25) is 14.7 Å². The molecule has 41 heavy (non-hydrogen) atoms. The van der Waals surface area contributed by atoms with Gasteiger partial charge in [-0.25, -0.2) is 8.42 Å². The van der Waals surface area contributed by atoms with Gasteiger partial charge in [-0.1, -0.05) is 19.1 Å². The summed E-state index contributed by atoms with van der Waals surface area (Å²) in [6, 6.07) is 4.00. The van der Waals surface area contributed by atoms with Crippen LogP contribution in [0.15, 0.2) is 41.4 Å². The molecule has 1 aliphatic carbocycles. The second-order valence-corrected chi connectivity index (χ2v) is 12.9. The lowest BCUT2D eigenvalue weighted by molar-refractivity contribution is -0.190. The first-order valence-electron chi connectivity index (χ1n) is 13.2. The molecule has 2 aliphatic rings. The molecule has 226 valence electrons. The van der Waals surface area contributed by atoms with Crippen LogP contribution in [0.1, 0.15) is 71.9 Å². The van der Waals surface area contributed by atoms with E-state index >= 15 is 0 Å². The fourth-order valence-electron chi connectivity index (χ4n) is 5.59. The minimum atomic E-state index is -4.68. The van der Waals surface area contributed by atoms with Gasteiger partial charge >= 0.3 is 12.4 Å². The van der Waals surface area contributed by atoms with E-state index in [0.717, 1.165) is 6.20 Å². The highest BCUT2D eigenvalue weighted by Crippen LogP contribution is 2.46. The van der Waals surface area contributed by atoms with Crippen LogP contribution in [-0.2, 0) is 16.4 Å². The van der Waals surface area contributed by atoms with Crippen LogP contribution in [0, 0.1) is 11.8 Å². The van der Waals surface area contributed by atoms with Gasteiger partial charge in [0.25, 0.3) is 5.91 Å². The summed E-state index contributed by atoms with van der Waals surface area (Å²) in [5.41, 5.74) is 0.345. The number of hydrogen-bond donors (Lipinski definition) is 2. The van der Waals surface area contributed by atoms with Gasteiger partial charge in [-0.05, 0) is 60.9 Å². The Morgan fingerprint density at radius 2 is 1.71 bits per heavy atom. The zero-order valence-electron chi connectivity index (χ0n) is 22.2. The van der Waals surface area contributed by atoms with E-state index in [-0.39, 0.29) is 72.2 Å². The topological polar surface area (TPSA) is 99.6 Å². The Bertz CT molecular complexity index is 1340. The standard InChI is InChI=1S/C27H31F6N3O4S/c1-2-41(39,40)21-9-5-17(6-10-21)22(15-37)35-25(38)18-11-19-14-36(24(27(31,32)33)23(19)34-12-18)13-16-3-7-20(8-4-16)26(28,29)30/h5-6,9-12,16,20,22,24,37H,2-4,7-8,13-15H2,1H3,(H,35,38)/t16?,20?,22-,24+/m0/s1. The Balaban J connectivity index is 1.47. The quantitative estimate of drug-likeness (QED) is 0.404. The number of nitrogens with one attached hydrogen (secondary N) is 1. The minimum Gasteiger partial charge on any atom is -0.394 e. The number of pyridine rings is 1. The summed E-state index contributed by atoms with van der Waals surface area (Å²) in [6.07, 6.45) is -7.83. The van der Waals surface area contributed by atoms with Gasteiger partial charge in [0.2, 0.25) is 0 Å². The molecular formula is C27H31F6N3O4S. The summed E-state index contributed by atoms with van der Waals surface area (Å²) in [6.45, 7) is 0.778. The molecular weight excluding hydrogens is 576 g/mol. The van der Waals surface area contributed by atoms with Crippen molar-refractivity contribution in [3.05, 3.63) is 58.9 Å². The summed E-state index contributed by atoms with van der Waals surface area (Å²) in [7, 11) is -3.44. The van der Waals surface area contributed by atoms with Crippen molar-refractivity contribution in [2.24, 2.45) is 11.8 Å². The highest BCUT2D eigenvalue weighted by atomic mass is 32.2. The SMILES string of the molecule is CCS(=O)(=O)c1ccc([C@H](CO)NC(=O)c2cnc3c(c2)CN(CC2CCC(C(F)(F)F)CC2)[C@H]3C(F)(F)F)cc1. The number of carbonyl (C=O) groups excluding carboxylic acids is 1. The Morgan fingerprint density at radius 1 is 1.07 bits per heavy atom. The first-order chi connectivity index (χ1) is 19.1. The number of aromatic nitrogens is 1. The average molecular weight is 608 g/mol. The van der Waals surface area contributed by atoms with Gasteiger partial charge < -0.3 is 10.4 Å². The number of carbonyl (C=O) groups is 1. The van der Waals surface area contributed by atoms with Crippen molar-refractivity contribution in [1.82, 2.24) is 15.2 Å². The van der Waals surface area contributed by atoms with Gasteiger partial charge in [-0.15, -0.1) is 0 Å². The predicted octanol–water partition coefficient (Wildman–Crippen LogP) is 5.13. The average Bonchev–Trinajstić information content (AvgIpc) is 3.29. The van der Waals surface area contributed by atoms with E-state index in [2.05, 4.69) is 10.3 Å². The number of benzene rings is 1. The summed E-state index contributed by atoms with van der Waals surface area (Å²) >= 11 is 0. The lowest BCUT2D eigenvalue weighted by atomic mass is 9.81. The molecule has 14 heteroatoms. The Kier molecular flexibility index (Phi) is 9.05. The number of rotatable bonds is 8. The Hall–Kier alpha value is -2.71. The number of aliphatic hydroxyl groups excluding tert-OH is 1. The maximum Gasteiger partial charge on any atom is 0.409 e. The zero-order chi connectivity index (χ0) is 30.2. The van der Waals surface area contributed by atoms with Crippen LogP contribution in [0.3, 0.4) is 0 Å². The van der Waals surface area contributed by atoms with Crippen molar-refractivity contribution >= 4 is 15.7 Å². The number of alkyl halides is 6. The number of hydrogen-bond acceptors (Lipinski definition) is 6. The normalized spacial score (nSPS) is 22.8. The van der Waals surface area contributed by atoms with Crippen molar-refractivity contribution in [2.75, 3.05) is 18.9 Å². The number of halogens is 6. The molecule has 0 saturated heterocycles. The zero-order valence-corrected chi connectivity index (χ0v) is 23.0. The van der Waals surface area contributed by atoms with Gasteiger partial charge in [0.1, 0.15) is 6.04 Å². The predicted molar refractivity (Wildman–Crippen MR) is 136 cm³/mol. The number of amides is 1. The lowest BCUT2D eigenvalue weighted by Gasteiger charge is -2.34. The summed E-state index contributed by atoms with van der Waals surface area (Å²) in [5.74, 6) is -2.54. The Labute approximate surface area is 233 Å². The van der Waals surface area contributed by atoms with Crippen LogP contribution in [-0.4, -0.2) is 60.6 Å². The third-order valence-corrected chi connectivity index (χ3v) is 9.63. The van der Waals surface area contributed by atoms with Crippen LogP contribution in [0.2, 0.25) is 0 Å². The van der Waals surface area contributed by atoms with E-state index < -0.39 is 52.7 Å². The molecule has 4 rings (SSSR count). The second kappa shape index (κ2) is 11.9. The number of nitrogens with zero attached hydrogens (tertiary/aromatic N) is 2. The van der Waals surface area contributed by atoms with Crippen molar-refractivity contribution in [3.8, 4) is 0 Å². The molecule has 2 aromatic rings. The Morgan fingerprint density at radius 3 is 2.24 bits per heavy atom. The highest BCUT2D eigenvalue weighted by Gasteiger charge is 2.51. The summed E-state index contributed by atoms with van der Waals surface area (Å²) in [4.78, 5) is 18.2. The molecule has 1 saturated carbocycles. The van der Waals surface area contributed by atoms with Crippen molar-refractivity contribution < 1.29 is 44.7 Å². The van der Waals surface area contributed by atoms with Gasteiger partial charge in [0, 0.05) is 19.3 Å².